The SMILES string of the molecule is CCCCN(CCCC)c1cccc(Oc2ccc(S(=O)(=O)NCc3cccc4ccccc34)s2)c1. The minimum Gasteiger partial charge on any atom is -0.447 e. The van der Waals surface area contributed by atoms with Crippen molar-refractivity contribution in [2.24, 2.45) is 0 Å². The van der Waals surface area contributed by atoms with Crippen molar-refractivity contribution in [3.8, 4) is 10.8 Å². The fraction of sp³-hybridized carbons (Fsp3) is 0.310. The van der Waals surface area contributed by atoms with Crippen LogP contribution in [0.1, 0.15) is 45.1 Å². The molecule has 0 spiro atoms. The number of ether oxygens (including phenoxy) is 1. The van der Waals surface area contributed by atoms with Crippen LogP contribution in [0.3, 0.4) is 0 Å². The van der Waals surface area contributed by atoms with Gasteiger partial charge in [0.25, 0.3) is 0 Å². The second kappa shape index (κ2) is 12.4. The number of thiophene rings is 1. The molecule has 3 aromatic carbocycles. The third-order valence-corrected chi connectivity index (χ3v) is 8.97. The van der Waals surface area contributed by atoms with E-state index in [9.17, 15) is 8.42 Å². The number of unbranched alkanes of at least 4 members (excludes halogenated alkanes) is 2. The summed E-state index contributed by atoms with van der Waals surface area (Å²) in [4.78, 5) is 2.40. The van der Waals surface area contributed by atoms with Crippen molar-refractivity contribution in [1.82, 2.24) is 4.72 Å². The summed E-state index contributed by atoms with van der Waals surface area (Å²) in [5.74, 6) is 0.708. The van der Waals surface area contributed by atoms with Gasteiger partial charge in [-0.1, -0.05) is 86.6 Å². The summed E-state index contributed by atoms with van der Waals surface area (Å²) < 4.78 is 35.0. The number of sulfonamides is 1. The molecule has 36 heavy (non-hydrogen) atoms. The molecule has 0 saturated heterocycles. The van der Waals surface area contributed by atoms with Crippen molar-refractivity contribution in [2.45, 2.75) is 50.3 Å². The molecule has 0 atom stereocenters. The molecule has 0 fully saturated rings. The number of nitrogens with one attached hydrogen (secondary N) is 1. The number of nitrogens with zero attached hydrogens (tertiary/aromatic N) is 1. The van der Waals surface area contributed by atoms with E-state index in [4.69, 9.17) is 4.74 Å². The Morgan fingerprint density at radius 3 is 2.36 bits per heavy atom. The Bertz CT molecular complexity index is 1370. The summed E-state index contributed by atoms with van der Waals surface area (Å²) in [7, 11) is -3.66. The molecular formula is C29H34N2O3S2. The van der Waals surface area contributed by atoms with Crippen LogP contribution in [0.5, 0.6) is 10.8 Å². The summed E-state index contributed by atoms with van der Waals surface area (Å²) in [5.41, 5.74) is 2.08. The molecular weight excluding hydrogens is 488 g/mol. The average Bonchev–Trinajstić information content (AvgIpc) is 3.37. The molecule has 0 bridgehead atoms. The molecule has 1 aromatic heterocycles. The lowest BCUT2D eigenvalue weighted by atomic mass is 10.1. The second-order valence-electron chi connectivity index (χ2n) is 8.83. The maximum atomic E-state index is 13.0. The molecule has 7 heteroatoms. The van der Waals surface area contributed by atoms with E-state index in [1.807, 2.05) is 60.7 Å². The Morgan fingerprint density at radius 2 is 1.58 bits per heavy atom. The van der Waals surface area contributed by atoms with E-state index in [2.05, 4.69) is 29.5 Å². The molecule has 0 unspecified atom stereocenters. The summed E-state index contributed by atoms with van der Waals surface area (Å²) in [6.45, 7) is 6.67. The van der Waals surface area contributed by atoms with Crippen LogP contribution >= 0.6 is 11.3 Å². The minimum absolute atomic E-state index is 0.227. The molecule has 0 radical (unpaired) electrons. The van der Waals surface area contributed by atoms with Gasteiger partial charge >= 0.3 is 0 Å². The van der Waals surface area contributed by atoms with Gasteiger partial charge in [-0.3, -0.25) is 0 Å². The zero-order valence-corrected chi connectivity index (χ0v) is 22.6. The number of hydrogen-bond donors (Lipinski definition) is 1. The van der Waals surface area contributed by atoms with E-state index in [-0.39, 0.29) is 10.8 Å². The minimum atomic E-state index is -3.66. The van der Waals surface area contributed by atoms with Gasteiger partial charge in [0, 0.05) is 31.4 Å². The molecule has 0 aliphatic heterocycles. The summed E-state index contributed by atoms with van der Waals surface area (Å²) in [6.07, 6.45) is 4.60. The van der Waals surface area contributed by atoms with Gasteiger partial charge in [0.1, 0.15) is 9.96 Å². The predicted molar refractivity (Wildman–Crippen MR) is 151 cm³/mol. The highest BCUT2D eigenvalue weighted by molar-refractivity contribution is 7.91. The second-order valence-corrected chi connectivity index (χ2v) is 11.9. The van der Waals surface area contributed by atoms with Crippen molar-refractivity contribution in [3.63, 3.8) is 0 Å². The predicted octanol–water partition coefficient (Wildman–Crippen LogP) is 7.58. The van der Waals surface area contributed by atoms with Crippen molar-refractivity contribution in [1.29, 1.82) is 0 Å². The lowest BCUT2D eigenvalue weighted by Crippen LogP contribution is -2.25. The lowest BCUT2D eigenvalue weighted by Gasteiger charge is -2.25. The van der Waals surface area contributed by atoms with Crippen molar-refractivity contribution >= 4 is 37.8 Å². The summed E-state index contributed by atoms with van der Waals surface area (Å²) in [5, 5.41) is 2.68. The van der Waals surface area contributed by atoms with Crippen LogP contribution in [0.25, 0.3) is 10.8 Å². The van der Waals surface area contributed by atoms with Gasteiger partial charge in [0.05, 0.1) is 0 Å². The van der Waals surface area contributed by atoms with Crippen LogP contribution < -0.4 is 14.4 Å². The zero-order chi connectivity index (χ0) is 25.4. The fourth-order valence-corrected chi connectivity index (χ4v) is 6.33. The Labute approximate surface area is 218 Å². The normalized spacial score (nSPS) is 11.6. The van der Waals surface area contributed by atoms with Crippen LogP contribution in [-0.2, 0) is 16.6 Å². The first-order chi connectivity index (χ1) is 17.5. The quantitative estimate of drug-likeness (QED) is 0.197. The lowest BCUT2D eigenvalue weighted by molar-refractivity contribution is 0.496. The molecule has 4 aromatic rings. The Kier molecular flexibility index (Phi) is 9.02. The Hall–Kier alpha value is -2.87. The molecule has 1 heterocycles. The highest BCUT2D eigenvalue weighted by atomic mass is 32.2. The molecule has 0 amide bonds. The molecule has 0 aliphatic carbocycles. The largest absolute Gasteiger partial charge is 0.447 e. The van der Waals surface area contributed by atoms with Crippen molar-refractivity contribution < 1.29 is 13.2 Å². The van der Waals surface area contributed by atoms with E-state index in [1.165, 1.54) is 0 Å². The van der Waals surface area contributed by atoms with Crippen LogP contribution in [0.2, 0.25) is 0 Å². The van der Waals surface area contributed by atoms with Crippen molar-refractivity contribution in [2.75, 3.05) is 18.0 Å². The van der Waals surface area contributed by atoms with Gasteiger partial charge in [0.15, 0.2) is 5.06 Å². The maximum absolute atomic E-state index is 13.0. The van der Waals surface area contributed by atoms with Crippen LogP contribution in [0, 0.1) is 0 Å². The maximum Gasteiger partial charge on any atom is 0.250 e. The van der Waals surface area contributed by atoms with E-state index in [0.717, 1.165) is 72.1 Å². The summed E-state index contributed by atoms with van der Waals surface area (Å²) in [6, 6.07) is 25.3. The standard InChI is InChI=1S/C29H34N2O3S2/c1-3-5-19-31(20-6-4-2)25-14-10-15-26(21-25)34-28-17-18-29(35-28)36(32,33)30-22-24-13-9-12-23-11-7-8-16-27(23)24/h7-18,21,30H,3-6,19-20,22H2,1-2H3. The third-order valence-electron chi connectivity index (χ3n) is 6.12. The van der Waals surface area contributed by atoms with Crippen LogP contribution in [-0.4, -0.2) is 21.5 Å². The van der Waals surface area contributed by atoms with Gasteiger partial charge in [-0.25, -0.2) is 13.1 Å². The van der Waals surface area contributed by atoms with Crippen molar-refractivity contribution in [3.05, 3.63) is 84.4 Å². The molecule has 4 rings (SSSR count). The topological polar surface area (TPSA) is 58.6 Å². The monoisotopic (exact) mass is 522 g/mol. The van der Waals surface area contributed by atoms with E-state index in [0.29, 0.717) is 10.8 Å². The van der Waals surface area contributed by atoms with E-state index in [1.54, 1.807) is 12.1 Å². The Morgan fingerprint density at radius 1 is 0.861 bits per heavy atom. The van der Waals surface area contributed by atoms with Gasteiger partial charge in [0.2, 0.25) is 10.0 Å². The molecule has 1 N–H and O–H groups in total. The van der Waals surface area contributed by atoms with E-state index >= 15 is 0 Å². The highest BCUT2D eigenvalue weighted by Gasteiger charge is 2.18. The average molecular weight is 523 g/mol. The van der Waals surface area contributed by atoms with Crippen LogP contribution in [0.4, 0.5) is 5.69 Å². The highest BCUT2D eigenvalue weighted by Crippen LogP contribution is 2.33. The Balaban J connectivity index is 1.44. The van der Waals surface area contributed by atoms with E-state index < -0.39 is 10.0 Å². The number of hydrogen-bond acceptors (Lipinski definition) is 5. The number of fused-ring (bicyclic) bond motifs is 1. The number of benzene rings is 3. The van der Waals surface area contributed by atoms with Gasteiger partial charge in [-0.15, -0.1) is 0 Å². The molecule has 5 nitrogen and oxygen atoms in total. The molecule has 190 valence electrons. The van der Waals surface area contributed by atoms with Gasteiger partial charge in [-0.2, -0.15) is 0 Å². The van der Waals surface area contributed by atoms with Gasteiger partial charge in [-0.05, 0) is 53.4 Å². The zero-order valence-electron chi connectivity index (χ0n) is 20.9. The van der Waals surface area contributed by atoms with Gasteiger partial charge < -0.3 is 9.64 Å². The third kappa shape index (κ3) is 6.66. The first-order valence-electron chi connectivity index (χ1n) is 12.6. The first-order valence-corrected chi connectivity index (χ1v) is 14.9. The van der Waals surface area contributed by atoms with Crippen LogP contribution in [0.15, 0.2) is 83.1 Å². The first kappa shape index (κ1) is 26.2. The number of anilines is 1. The smallest absolute Gasteiger partial charge is 0.250 e. The summed E-state index contributed by atoms with van der Waals surface area (Å²) >= 11 is 1.13. The fourth-order valence-electron chi connectivity index (χ4n) is 4.12. The molecule has 0 aliphatic rings. The molecule has 0 saturated carbocycles. The number of rotatable bonds is 13.